The van der Waals surface area contributed by atoms with E-state index in [0.29, 0.717) is 38.4 Å². The smallest absolute Gasteiger partial charge is 0.317 e. The van der Waals surface area contributed by atoms with Crippen molar-refractivity contribution in [3.05, 3.63) is 0 Å². The Morgan fingerprint density at radius 3 is 2.35 bits per heavy atom. The molecule has 2 amide bonds. The Morgan fingerprint density at radius 1 is 1.30 bits per heavy atom. The van der Waals surface area contributed by atoms with Crippen LogP contribution in [0.1, 0.15) is 32.6 Å². The number of rotatable bonds is 5. The number of carboxylic acids is 1. The summed E-state index contributed by atoms with van der Waals surface area (Å²) in [6.45, 7) is 3.55. The number of methoxy groups -OCH3 is 1. The van der Waals surface area contributed by atoms with E-state index in [2.05, 4.69) is 5.32 Å². The fourth-order valence-corrected chi connectivity index (χ4v) is 2.77. The zero-order valence-corrected chi connectivity index (χ0v) is 12.2. The first-order chi connectivity index (χ1) is 9.46. The van der Waals surface area contributed by atoms with Crippen molar-refractivity contribution in [2.45, 2.75) is 38.2 Å². The second kappa shape index (κ2) is 5.99. The third kappa shape index (κ3) is 3.42. The van der Waals surface area contributed by atoms with Gasteiger partial charge >= 0.3 is 12.0 Å². The summed E-state index contributed by atoms with van der Waals surface area (Å²) in [5, 5.41) is 11.9. The Hall–Kier alpha value is -1.30. The van der Waals surface area contributed by atoms with Crippen molar-refractivity contribution in [3.63, 3.8) is 0 Å². The molecule has 2 N–H and O–H groups in total. The first-order valence-corrected chi connectivity index (χ1v) is 7.27. The Labute approximate surface area is 119 Å². The summed E-state index contributed by atoms with van der Waals surface area (Å²) in [5.74, 6) is -0.536. The quantitative estimate of drug-likeness (QED) is 0.798. The minimum Gasteiger partial charge on any atom is -0.481 e. The van der Waals surface area contributed by atoms with Crippen LogP contribution in [0.5, 0.6) is 0 Å². The first-order valence-electron chi connectivity index (χ1n) is 7.27. The van der Waals surface area contributed by atoms with E-state index in [4.69, 9.17) is 9.84 Å². The molecule has 1 atom stereocenters. The Balaban J connectivity index is 1.77. The molecule has 1 heterocycles. The van der Waals surface area contributed by atoms with Gasteiger partial charge in [0, 0.05) is 26.7 Å². The summed E-state index contributed by atoms with van der Waals surface area (Å²) in [7, 11) is 1.68. The molecule has 1 aliphatic heterocycles. The average molecular weight is 284 g/mol. The number of nitrogens with zero attached hydrogens (tertiary/aromatic N) is 1. The number of carbonyl (C=O) groups excluding carboxylic acids is 1. The molecule has 2 fully saturated rings. The highest BCUT2D eigenvalue weighted by atomic mass is 16.5. The van der Waals surface area contributed by atoms with E-state index in [1.165, 1.54) is 0 Å². The van der Waals surface area contributed by atoms with Crippen molar-refractivity contribution < 1.29 is 19.4 Å². The van der Waals surface area contributed by atoms with Crippen LogP contribution < -0.4 is 5.32 Å². The number of ether oxygens (including phenoxy) is 1. The fourth-order valence-electron chi connectivity index (χ4n) is 2.77. The Bertz CT molecular complexity index is 375. The van der Waals surface area contributed by atoms with Gasteiger partial charge in [-0.2, -0.15) is 0 Å². The van der Waals surface area contributed by atoms with E-state index < -0.39 is 5.97 Å². The molecule has 114 valence electrons. The number of hydrogen-bond acceptors (Lipinski definition) is 3. The first kappa shape index (κ1) is 15.1. The third-order valence-electron chi connectivity index (χ3n) is 4.63. The van der Waals surface area contributed by atoms with Gasteiger partial charge in [-0.05, 0) is 38.5 Å². The molecular weight excluding hydrogens is 260 g/mol. The highest BCUT2D eigenvalue weighted by Gasteiger charge is 2.42. The SMILES string of the molecule is COC(C)(CNC(=O)N1CCC(C(=O)O)CC1)C1CC1. The molecule has 2 rings (SSSR count). The van der Waals surface area contributed by atoms with Gasteiger partial charge < -0.3 is 20.1 Å². The lowest BCUT2D eigenvalue weighted by molar-refractivity contribution is -0.143. The minimum atomic E-state index is -0.759. The van der Waals surface area contributed by atoms with Crippen molar-refractivity contribution in [2.75, 3.05) is 26.7 Å². The van der Waals surface area contributed by atoms with Crippen LogP contribution >= 0.6 is 0 Å². The van der Waals surface area contributed by atoms with Crippen LogP contribution in [0.4, 0.5) is 4.79 Å². The number of likely N-dealkylation sites (tertiary alicyclic amines) is 1. The maximum atomic E-state index is 12.1. The van der Waals surface area contributed by atoms with Crippen molar-refractivity contribution >= 4 is 12.0 Å². The number of aliphatic carboxylic acids is 1. The lowest BCUT2D eigenvalue weighted by Gasteiger charge is -2.33. The topological polar surface area (TPSA) is 78.9 Å². The second-order valence-electron chi connectivity index (χ2n) is 6.05. The molecular formula is C14H24N2O4. The Morgan fingerprint density at radius 2 is 1.90 bits per heavy atom. The van der Waals surface area contributed by atoms with Crippen LogP contribution in [0.3, 0.4) is 0 Å². The van der Waals surface area contributed by atoms with Crippen LogP contribution in [0.25, 0.3) is 0 Å². The van der Waals surface area contributed by atoms with E-state index >= 15 is 0 Å². The zero-order valence-electron chi connectivity index (χ0n) is 12.2. The van der Waals surface area contributed by atoms with Crippen LogP contribution in [0, 0.1) is 11.8 Å². The number of urea groups is 1. The summed E-state index contributed by atoms with van der Waals surface area (Å²) < 4.78 is 5.54. The average Bonchev–Trinajstić information content (AvgIpc) is 3.29. The van der Waals surface area contributed by atoms with Gasteiger partial charge in [0.05, 0.1) is 11.5 Å². The van der Waals surface area contributed by atoms with Crippen molar-refractivity contribution in [1.82, 2.24) is 10.2 Å². The number of carboxylic acid groups (broad SMARTS) is 1. The van der Waals surface area contributed by atoms with Gasteiger partial charge in [-0.25, -0.2) is 4.79 Å². The lowest BCUT2D eigenvalue weighted by atomic mass is 9.97. The molecule has 0 bridgehead atoms. The molecule has 1 aliphatic carbocycles. The molecule has 0 aromatic heterocycles. The van der Waals surface area contributed by atoms with Gasteiger partial charge in [0.25, 0.3) is 0 Å². The van der Waals surface area contributed by atoms with E-state index in [0.717, 1.165) is 12.8 Å². The third-order valence-corrected chi connectivity index (χ3v) is 4.63. The summed E-state index contributed by atoms with van der Waals surface area (Å²) in [4.78, 5) is 24.7. The molecule has 0 aromatic rings. The van der Waals surface area contributed by atoms with Crippen molar-refractivity contribution in [3.8, 4) is 0 Å². The predicted molar refractivity (Wildman–Crippen MR) is 73.5 cm³/mol. The number of hydrogen-bond donors (Lipinski definition) is 2. The van der Waals surface area contributed by atoms with Gasteiger partial charge in [0.15, 0.2) is 0 Å². The largest absolute Gasteiger partial charge is 0.481 e. The molecule has 1 saturated heterocycles. The molecule has 20 heavy (non-hydrogen) atoms. The van der Waals surface area contributed by atoms with Gasteiger partial charge in [0.1, 0.15) is 0 Å². The zero-order chi connectivity index (χ0) is 14.8. The number of amides is 2. The molecule has 0 spiro atoms. The van der Waals surface area contributed by atoms with Gasteiger partial charge in [-0.15, -0.1) is 0 Å². The summed E-state index contributed by atoms with van der Waals surface area (Å²) in [6, 6.07) is -0.113. The number of carbonyl (C=O) groups is 2. The van der Waals surface area contributed by atoms with Crippen LogP contribution in [0.2, 0.25) is 0 Å². The number of piperidine rings is 1. The van der Waals surface area contributed by atoms with Gasteiger partial charge in [-0.1, -0.05) is 0 Å². The highest BCUT2D eigenvalue weighted by molar-refractivity contribution is 5.75. The van der Waals surface area contributed by atoms with Crippen LogP contribution in [-0.2, 0) is 9.53 Å². The van der Waals surface area contributed by atoms with E-state index in [9.17, 15) is 9.59 Å². The predicted octanol–water partition coefficient (Wildman–Crippen LogP) is 1.31. The molecule has 0 radical (unpaired) electrons. The van der Waals surface area contributed by atoms with Crippen LogP contribution in [0.15, 0.2) is 0 Å². The molecule has 6 heteroatoms. The van der Waals surface area contributed by atoms with Gasteiger partial charge in [0.2, 0.25) is 0 Å². The van der Waals surface area contributed by atoms with Gasteiger partial charge in [-0.3, -0.25) is 4.79 Å². The van der Waals surface area contributed by atoms with Crippen molar-refractivity contribution in [1.29, 1.82) is 0 Å². The van der Waals surface area contributed by atoms with Crippen LogP contribution in [-0.4, -0.2) is 54.4 Å². The minimum absolute atomic E-state index is 0.113. The maximum Gasteiger partial charge on any atom is 0.317 e. The molecule has 1 unspecified atom stereocenters. The van der Waals surface area contributed by atoms with E-state index in [1.54, 1.807) is 12.0 Å². The standard InChI is InChI=1S/C14H24N2O4/c1-14(20-2,11-3-4-11)9-15-13(19)16-7-5-10(6-8-16)12(17)18/h10-11H,3-9H2,1-2H3,(H,15,19)(H,17,18). The highest BCUT2D eigenvalue weighted by Crippen LogP contribution is 2.41. The van der Waals surface area contributed by atoms with E-state index in [1.807, 2.05) is 6.92 Å². The van der Waals surface area contributed by atoms with Crippen molar-refractivity contribution in [2.24, 2.45) is 11.8 Å². The maximum absolute atomic E-state index is 12.1. The van der Waals surface area contributed by atoms with E-state index in [-0.39, 0.29) is 17.6 Å². The fraction of sp³-hybridized carbons (Fsp3) is 0.857. The molecule has 6 nitrogen and oxygen atoms in total. The lowest BCUT2D eigenvalue weighted by Crippen LogP contribution is -2.50. The summed E-state index contributed by atoms with van der Waals surface area (Å²) >= 11 is 0. The molecule has 0 aromatic carbocycles. The number of nitrogens with one attached hydrogen (secondary N) is 1. The monoisotopic (exact) mass is 284 g/mol. The normalized spacial score (nSPS) is 23.2. The molecule has 2 aliphatic rings. The summed E-state index contributed by atoms with van der Waals surface area (Å²) in [6.07, 6.45) is 3.38. The summed E-state index contributed by atoms with van der Waals surface area (Å²) in [5.41, 5.74) is -0.283. The molecule has 1 saturated carbocycles. The Kier molecular flexibility index (Phi) is 4.52. The second-order valence-corrected chi connectivity index (χ2v) is 6.05.